The Morgan fingerprint density at radius 1 is 0.750 bits per heavy atom. The average molecular weight is 310 g/mol. The predicted molar refractivity (Wildman–Crippen MR) is 81.0 cm³/mol. The monoisotopic (exact) mass is 310 g/mol. The number of benzene rings is 2. The van der Waals surface area contributed by atoms with Crippen LogP contribution in [0, 0.1) is 0 Å². The Hall–Kier alpha value is -1.66. The van der Waals surface area contributed by atoms with Crippen LogP contribution in [0.25, 0.3) is 0 Å². The number of rotatable bonds is 5. The summed E-state index contributed by atoms with van der Waals surface area (Å²) in [4.78, 5) is 1.91. The highest BCUT2D eigenvalue weighted by molar-refractivity contribution is 8.76. The Bertz CT molecular complexity index is 548. The minimum absolute atomic E-state index is 0.119. The minimum Gasteiger partial charge on any atom is -0.504 e. The minimum atomic E-state index is 0.119. The first-order valence-electron chi connectivity index (χ1n) is 5.72. The first-order chi connectivity index (χ1) is 9.63. The highest BCUT2D eigenvalue weighted by atomic mass is 33.1. The first kappa shape index (κ1) is 14.7. The van der Waals surface area contributed by atoms with Crippen LogP contribution in [-0.4, -0.2) is 24.4 Å². The van der Waals surface area contributed by atoms with Gasteiger partial charge in [0.15, 0.2) is 23.0 Å². The fraction of sp³-hybridized carbons (Fsp3) is 0.143. The van der Waals surface area contributed by atoms with Crippen molar-refractivity contribution in [2.45, 2.75) is 9.79 Å². The molecular weight excluding hydrogens is 296 g/mol. The van der Waals surface area contributed by atoms with Gasteiger partial charge in [-0.05, 0) is 36.4 Å². The summed E-state index contributed by atoms with van der Waals surface area (Å²) in [7, 11) is 6.08. The molecule has 106 valence electrons. The molecule has 0 atom stereocenters. The molecule has 20 heavy (non-hydrogen) atoms. The Labute approximate surface area is 125 Å². The van der Waals surface area contributed by atoms with Gasteiger partial charge in [0.25, 0.3) is 0 Å². The summed E-state index contributed by atoms with van der Waals surface area (Å²) in [6.07, 6.45) is 0. The zero-order chi connectivity index (χ0) is 14.5. The molecule has 0 saturated heterocycles. The molecule has 0 unspecified atom stereocenters. The van der Waals surface area contributed by atoms with E-state index < -0.39 is 0 Å². The van der Waals surface area contributed by atoms with Crippen LogP contribution in [0.4, 0.5) is 0 Å². The van der Waals surface area contributed by atoms with Crippen LogP contribution >= 0.6 is 21.6 Å². The van der Waals surface area contributed by atoms with Crippen LogP contribution in [0.2, 0.25) is 0 Å². The van der Waals surface area contributed by atoms with E-state index in [1.54, 1.807) is 24.3 Å². The van der Waals surface area contributed by atoms with Crippen molar-refractivity contribution in [3.05, 3.63) is 36.4 Å². The molecule has 2 aromatic carbocycles. The number of phenolic OH excluding ortho intramolecular Hbond substituents is 2. The molecule has 6 heteroatoms. The fourth-order valence-electron chi connectivity index (χ4n) is 1.52. The number of hydrogen-bond acceptors (Lipinski definition) is 6. The van der Waals surface area contributed by atoms with Gasteiger partial charge in [0.2, 0.25) is 0 Å². The van der Waals surface area contributed by atoms with Crippen LogP contribution in [-0.2, 0) is 0 Å². The third kappa shape index (κ3) is 3.46. The summed E-state index contributed by atoms with van der Waals surface area (Å²) in [6, 6.07) is 10.4. The molecule has 2 N–H and O–H groups in total. The summed E-state index contributed by atoms with van der Waals surface area (Å²) in [6.45, 7) is 0. The second kappa shape index (κ2) is 6.67. The van der Waals surface area contributed by atoms with Gasteiger partial charge in [-0.25, -0.2) is 0 Å². The van der Waals surface area contributed by atoms with E-state index in [1.165, 1.54) is 35.8 Å². The maximum absolute atomic E-state index is 9.53. The van der Waals surface area contributed by atoms with Gasteiger partial charge in [-0.15, -0.1) is 0 Å². The van der Waals surface area contributed by atoms with E-state index >= 15 is 0 Å². The van der Waals surface area contributed by atoms with E-state index in [4.69, 9.17) is 9.47 Å². The highest BCUT2D eigenvalue weighted by Gasteiger charge is 2.06. The molecule has 0 bridgehead atoms. The standard InChI is InChI=1S/C14H14O4S2/c1-17-13-7-9(3-5-11(13)15)19-20-10-4-6-12(16)14(8-10)18-2/h3-8,15-16H,1-2H3. The van der Waals surface area contributed by atoms with Gasteiger partial charge in [-0.3, -0.25) is 0 Å². The quantitative estimate of drug-likeness (QED) is 0.816. The van der Waals surface area contributed by atoms with Gasteiger partial charge in [-0.2, -0.15) is 0 Å². The lowest BCUT2D eigenvalue weighted by atomic mass is 10.3. The van der Waals surface area contributed by atoms with Crippen molar-refractivity contribution in [1.29, 1.82) is 0 Å². The van der Waals surface area contributed by atoms with Gasteiger partial charge >= 0.3 is 0 Å². The van der Waals surface area contributed by atoms with E-state index in [-0.39, 0.29) is 11.5 Å². The maximum Gasteiger partial charge on any atom is 0.161 e. The summed E-state index contributed by atoms with van der Waals surface area (Å²) >= 11 is 0. The van der Waals surface area contributed by atoms with Gasteiger partial charge < -0.3 is 19.7 Å². The number of methoxy groups -OCH3 is 2. The third-order valence-corrected chi connectivity index (χ3v) is 4.92. The smallest absolute Gasteiger partial charge is 0.161 e. The van der Waals surface area contributed by atoms with E-state index in [9.17, 15) is 10.2 Å². The van der Waals surface area contributed by atoms with Crippen molar-refractivity contribution in [3.63, 3.8) is 0 Å². The number of hydrogen-bond donors (Lipinski definition) is 2. The summed E-state index contributed by atoms with van der Waals surface area (Å²) in [5, 5.41) is 19.1. The molecule has 2 rings (SSSR count). The zero-order valence-electron chi connectivity index (χ0n) is 11.0. The fourth-order valence-corrected chi connectivity index (χ4v) is 3.47. The average Bonchev–Trinajstić information content (AvgIpc) is 2.47. The Balaban J connectivity index is 2.08. The van der Waals surface area contributed by atoms with Crippen molar-refractivity contribution < 1.29 is 19.7 Å². The lowest BCUT2D eigenvalue weighted by Crippen LogP contribution is -1.84. The molecular formula is C14H14O4S2. The Kier molecular flexibility index (Phi) is 4.92. The second-order valence-corrected chi connectivity index (χ2v) is 6.11. The second-order valence-electron chi connectivity index (χ2n) is 3.83. The molecule has 0 amide bonds. The molecule has 0 aliphatic rings. The third-order valence-electron chi connectivity index (χ3n) is 2.54. The number of phenols is 2. The van der Waals surface area contributed by atoms with Crippen LogP contribution < -0.4 is 9.47 Å². The van der Waals surface area contributed by atoms with Gasteiger partial charge in [0.1, 0.15) is 0 Å². The van der Waals surface area contributed by atoms with Crippen molar-refractivity contribution in [2.75, 3.05) is 14.2 Å². The molecule has 0 radical (unpaired) electrons. The lowest BCUT2D eigenvalue weighted by Gasteiger charge is -2.07. The lowest BCUT2D eigenvalue weighted by molar-refractivity contribution is 0.372. The highest BCUT2D eigenvalue weighted by Crippen LogP contribution is 2.42. The summed E-state index contributed by atoms with van der Waals surface area (Å²) in [5.74, 6) is 1.12. The molecule has 0 aliphatic carbocycles. The molecule has 0 heterocycles. The van der Waals surface area contributed by atoms with Gasteiger partial charge in [0, 0.05) is 9.79 Å². The molecule has 0 aromatic heterocycles. The van der Waals surface area contributed by atoms with Crippen molar-refractivity contribution in [1.82, 2.24) is 0 Å². The Morgan fingerprint density at radius 2 is 1.15 bits per heavy atom. The van der Waals surface area contributed by atoms with Crippen LogP contribution in [0.3, 0.4) is 0 Å². The first-order valence-corrected chi connectivity index (χ1v) is 7.87. The van der Waals surface area contributed by atoms with E-state index in [0.717, 1.165) is 9.79 Å². The molecule has 0 spiro atoms. The largest absolute Gasteiger partial charge is 0.504 e. The SMILES string of the molecule is COc1cc(SSc2ccc(O)c(OC)c2)ccc1O. The number of aromatic hydroxyl groups is 2. The topological polar surface area (TPSA) is 58.9 Å². The van der Waals surface area contributed by atoms with Crippen molar-refractivity contribution >= 4 is 21.6 Å². The van der Waals surface area contributed by atoms with Crippen molar-refractivity contribution in [3.8, 4) is 23.0 Å². The Morgan fingerprint density at radius 3 is 1.50 bits per heavy atom. The van der Waals surface area contributed by atoms with E-state index in [0.29, 0.717) is 11.5 Å². The van der Waals surface area contributed by atoms with Gasteiger partial charge in [-0.1, -0.05) is 21.6 Å². The molecule has 2 aromatic rings. The molecule has 0 fully saturated rings. The van der Waals surface area contributed by atoms with E-state index in [2.05, 4.69) is 0 Å². The van der Waals surface area contributed by atoms with Crippen LogP contribution in [0.1, 0.15) is 0 Å². The number of ether oxygens (including phenoxy) is 2. The predicted octanol–water partition coefficient (Wildman–Crippen LogP) is 3.91. The van der Waals surface area contributed by atoms with Crippen LogP contribution in [0.5, 0.6) is 23.0 Å². The van der Waals surface area contributed by atoms with E-state index in [1.807, 2.05) is 12.1 Å². The van der Waals surface area contributed by atoms with Crippen LogP contribution in [0.15, 0.2) is 46.2 Å². The van der Waals surface area contributed by atoms with Gasteiger partial charge in [0.05, 0.1) is 14.2 Å². The van der Waals surface area contributed by atoms with Crippen molar-refractivity contribution in [2.24, 2.45) is 0 Å². The normalized spacial score (nSPS) is 10.3. The molecule has 0 aliphatic heterocycles. The molecule has 4 nitrogen and oxygen atoms in total. The maximum atomic E-state index is 9.53. The summed E-state index contributed by atoms with van der Waals surface area (Å²) in [5.41, 5.74) is 0. The zero-order valence-corrected chi connectivity index (χ0v) is 12.6. The molecule has 0 saturated carbocycles. The summed E-state index contributed by atoms with van der Waals surface area (Å²) < 4.78 is 10.1.